The second kappa shape index (κ2) is 3.40. The summed E-state index contributed by atoms with van der Waals surface area (Å²) in [5.74, 6) is -0.251. The Bertz CT molecular complexity index is 329. The average Bonchev–Trinajstić information content (AvgIpc) is 1.92. The van der Waals surface area contributed by atoms with E-state index in [0.717, 1.165) is 0 Å². The molecule has 0 spiro atoms. The highest BCUT2D eigenvalue weighted by Gasteiger charge is 2.26. The first-order chi connectivity index (χ1) is 5.43. The minimum absolute atomic E-state index is 0.187. The van der Waals surface area contributed by atoms with Crippen molar-refractivity contribution >= 4 is 31.3 Å². The van der Waals surface area contributed by atoms with E-state index in [9.17, 15) is 8.42 Å². The summed E-state index contributed by atoms with van der Waals surface area (Å²) in [6.07, 6.45) is 4.82. The normalized spacial score (nSPS) is 30.1. The second-order valence-corrected chi connectivity index (χ2v) is 5.69. The van der Waals surface area contributed by atoms with Crippen molar-refractivity contribution in [3.05, 3.63) is 23.1 Å². The molecule has 0 heterocycles. The molecule has 0 fully saturated rings. The molecule has 0 saturated heterocycles. The van der Waals surface area contributed by atoms with E-state index in [1.165, 1.54) is 6.08 Å². The lowest BCUT2D eigenvalue weighted by Crippen LogP contribution is -2.17. The molecule has 0 bridgehead atoms. The number of allylic oxidation sites excluding steroid dienone is 4. The van der Waals surface area contributed by atoms with Crippen LogP contribution in [0.3, 0.4) is 0 Å². The number of halogens is 2. The predicted octanol–water partition coefficient (Wildman–Crippen LogP) is 2.25. The Morgan fingerprint density at radius 2 is 2.08 bits per heavy atom. The van der Waals surface area contributed by atoms with Gasteiger partial charge in [-0.3, -0.25) is 0 Å². The lowest BCUT2D eigenvalue weighted by molar-refractivity contribution is 0.604. The molecule has 0 saturated carbocycles. The summed E-state index contributed by atoms with van der Waals surface area (Å²) >= 11 is 5.82. The molecule has 1 aliphatic rings. The van der Waals surface area contributed by atoms with E-state index in [4.69, 9.17) is 22.3 Å². The molecule has 12 heavy (non-hydrogen) atoms. The van der Waals surface area contributed by atoms with Crippen LogP contribution in [0, 0.1) is 5.92 Å². The van der Waals surface area contributed by atoms with Crippen molar-refractivity contribution in [3.8, 4) is 0 Å². The number of alkyl halides is 1. The molecular formula is C7H8Cl2O2S. The third-order valence-corrected chi connectivity index (χ3v) is 3.89. The number of rotatable bonds is 1. The summed E-state index contributed by atoms with van der Waals surface area (Å²) < 4.78 is 21.9. The fourth-order valence-corrected chi connectivity index (χ4v) is 2.74. The summed E-state index contributed by atoms with van der Waals surface area (Å²) in [6.45, 7) is 1.73. The van der Waals surface area contributed by atoms with Crippen LogP contribution in [0.5, 0.6) is 0 Å². The van der Waals surface area contributed by atoms with Gasteiger partial charge in [0.2, 0.25) is 0 Å². The molecule has 2 atom stereocenters. The Balaban J connectivity index is 3.07. The van der Waals surface area contributed by atoms with Crippen molar-refractivity contribution in [2.24, 2.45) is 5.92 Å². The predicted molar refractivity (Wildman–Crippen MR) is 50.8 cm³/mol. The molecule has 1 aliphatic carbocycles. The van der Waals surface area contributed by atoms with Crippen LogP contribution in [0.25, 0.3) is 0 Å². The van der Waals surface area contributed by atoms with E-state index in [-0.39, 0.29) is 16.2 Å². The molecule has 1 rings (SSSR count). The molecule has 0 aromatic heterocycles. The first-order valence-corrected chi connectivity index (χ1v) is 6.14. The Kier molecular flexibility index (Phi) is 2.86. The maximum absolute atomic E-state index is 10.9. The number of hydrogen-bond acceptors (Lipinski definition) is 2. The molecule has 2 unspecified atom stereocenters. The molecule has 0 aromatic rings. The highest BCUT2D eigenvalue weighted by molar-refractivity contribution is 8.16. The quantitative estimate of drug-likeness (QED) is 0.508. The van der Waals surface area contributed by atoms with Gasteiger partial charge in [-0.2, -0.15) is 0 Å². The van der Waals surface area contributed by atoms with E-state index in [1.54, 1.807) is 19.1 Å². The minimum atomic E-state index is -3.61. The average molecular weight is 227 g/mol. The molecular weight excluding hydrogens is 219 g/mol. The van der Waals surface area contributed by atoms with Crippen LogP contribution in [-0.4, -0.2) is 13.8 Å². The van der Waals surface area contributed by atoms with Gasteiger partial charge < -0.3 is 0 Å². The monoisotopic (exact) mass is 226 g/mol. The summed E-state index contributed by atoms with van der Waals surface area (Å²) in [6, 6.07) is 0. The first kappa shape index (κ1) is 10.1. The third kappa shape index (κ3) is 2.03. The lowest BCUT2D eigenvalue weighted by atomic mass is 10.0. The molecule has 5 heteroatoms. The SMILES string of the molecule is CC1C(S(=O)(=O)Cl)=CC=CC1Cl. The molecule has 0 radical (unpaired) electrons. The van der Waals surface area contributed by atoms with E-state index in [2.05, 4.69) is 0 Å². The van der Waals surface area contributed by atoms with Crippen LogP contribution in [0.4, 0.5) is 0 Å². The molecule has 0 aliphatic heterocycles. The smallest absolute Gasteiger partial charge is 0.207 e. The Morgan fingerprint density at radius 1 is 1.50 bits per heavy atom. The summed E-state index contributed by atoms with van der Waals surface area (Å²) in [5.41, 5.74) is 0. The van der Waals surface area contributed by atoms with Crippen molar-refractivity contribution in [1.82, 2.24) is 0 Å². The maximum atomic E-state index is 10.9. The number of hydrogen-bond donors (Lipinski definition) is 0. The summed E-state index contributed by atoms with van der Waals surface area (Å²) in [5, 5.41) is -0.293. The van der Waals surface area contributed by atoms with Gasteiger partial charge in [0.05, 0.1) is 10.3 Å². The van der Waals surface area contributed by atoms with Crippen LogP contribution in [0.1, 0.15) is 6.92 Å². The van der Waals surface area contributed by atoms with Crippen LogP contribution < -0.4 is 0 Å². The highest BCUT2D eigenvalue weighted by atomic mass is 35.7. The van der Waals surface area contributed by atoms with Crippen molar-refractivity contribution in [2.75, 3.05) is 0 Å². The van der Waals surface area contributed by atoms with E-state index in [1.807, 2.05) is 0 Å². The zero-order valence-corrected chi connectivity index (χ0v) is 8.70. The van der Waals surface area contributed by atoms with Crippen molar-refractivity contribution < 1.29 is 8.42 Å². The van der Waals surface area contributed by atoms with Gasteiger partial charge in [-0.25, -0.2) is 8.42 Å². The van der Waals surface area contributed by atoms with Crippen LogP contribution in [-0.2, 0) is 9.05 Å². The van der Waals surface area contributed by atoms with Gasteiger partial charge in [-0.1, -0.05) is 19.1 Å². The summed E-state index contributed by atoms with van der Waals surface area (Å²) in [7, 11) is 1.57. The topological polar surface area (TPSA) is 34.1 Å². The zero-order valence-electron chi connectivity index (χ0n) is 6.37. The molecule has 0 amide bonds. The minimum Gasteiger partial charge on any atom is -0.207 e. The Labute approximate surface area is 81.3 Å². The van der Waals surface area contributed by atoms with Crippen molar-refractivity contribution in [2.45, 2.75) is 12.3 Å². The Morgan fingerprint density at radius 3 is 2.50 bits per heavy atom. The van der Waals surface area contributed by atoms with Gasteiger partial charge in [0.25, 0.3) is 9.05 Å². The maximum Gasteiger partial charge on any atom is 0.257 e. The van der Waals surface area contributed by atoms with Crippen LogP contribution >= 0.6 is 22.3 Å². The fraction of sp³-hybridized carbons (Fsp3) is 0.429. The van der Waals surface area contributed by atoms with Crippen molar-refractivity contribution in [3.63, 3.8) is 0 Å². The molecule has 0 aromatic carbocycles. The van der Waals surface area contributed by atoms with Gasteiger partial charge in [0.1, 0.15) is 0 Å². The zero-order chi connectivity index (χ0) is 9.35. The molecule has 2 nitrogen and oxygen atoms in total. The molecule has 68 valence electrons. The highest BCUT2D eigenvalue weighted by Crippen LogP contribution is 2.30. The van der Waals surface area contributed by atoms with E-state index in [0.29, 0.717) is 0 Å². The Hall–Kier alpha value is 0.01000. The van der Waals surface area contributed by atoms with Crippen LogP contribution in [0.15, 0.2) is 23.1 Å². The third-order valence-electron chi connectivity index (χ3n) is 1.76. The van der Waals surface area contributed by atoms with Gasteiger partial charge in [-0.05, 0) is 6.08 Å². The fourth-order valence-electron chi connectivity index (χ4n) is 1.04. The standard InChI is InChI=1S/C7H8Cl2O2S/c1-5-6(8)3-2-4-7(5)12(9,10)11/h2-6H,1H3. The largest absolute Gasteiger partial charge is 0.257 e. The summed E-state index contributed by atoms with van der Waals surface area (Å²) in [4.78, 5) is 0.187. The van der Waals surface area contributed by atoms with Gasteiger partial charge in [0.15, 0.2) is 0 Å². The van der Waals surface area contributed by atoms with Gasteiger partial charge in [-0.15, -0.1) is 11.6 Å². The van der Waals surface area contributed by atoms with Crippen molar-refractivity contribution in [1.29, 1.82) is 0 Å². The second-order valence-electron chi connectivity index (χ2n) is 2.62. The van der Waals surface area contributed by atoms with Gasteiger partial charge in [0, 0.05) is 16.6 Å². The van der Waals surface area contributed by atoms with Crippen LogP contribution in [0.2, 0.25) is 0 Å². The van der Waals surface area contributed by atoms with Gasteiger partial charge >= 0.3 is 0 Å². The van der Waals surface area contributed by atoms with E-state index >= 15 is 0 Å². The van der Waals surface area contributed by atoms with E-state index < -0.39 is 9.05 Å². The first-order valence-electron chi connectivity index (χ1n) is 3.40. The lowest BCUT2D eigenvalue weighted by Gasteiger charge is -2.18. The molecule has 0 N–H and O–H groups in total.